The predicted octanol–water partition coefficient (Wildman–Crippen LogP) is 3.24. The van der Waals surface area contributed by atoms with Gasteiger partial charge in [-0.25, -0.2) is 4.39 Å². The van der Waals surface area contributed by atoms with Crippen molar-refractivity contribution >= 4 is 5.91 Å². The van der Waals surface area contributed by atoms with Gasteiger partial charge >= 0.3 is 0 Å². The van der Waals surface area contributed by atoms with Crippen LogP contribution in [0.4, 0.5) is 4.39 Å². The van der Waals surface area contributed by atoms with Gasteiger partial charge in [0.05, 0.1) is 5.41 Å². The van der Waals surface area contributed by atoms with Crippen LogP contribution in [0.2, 0.25) is 0 Å². The molecular weight excluding hydrogens is 329 g/mol. The lowest BCUT2D eigenvalue weighted by atomic mass is 9.78. The van der Waals surface area contributed by atoms with Gasteiger partial charge in [0.15, 0.2) is 0 Å². The van der Waals surface area contributed by atoms with Crippen LogP contribution < -0.4 is 0 Å². The molecule has 2 fully saturated rings. The van der Waals surface area contributed by atoms with Crippen molar-refractivity contribution in [3.8, 4) is 0 Å². The number of piperidine rings is 1. The Morgan fingerprint density at radius 3 is 2.65 bits per heavy atom. The van der Waals surface area contributed by atoms with Crippen LogP contribution in [-0.4, -0.2) is 40.3 Å². The number of amides is 1. The highest BCUT2D eigenvalue weighted by atomic mass is 19.1. The van der Waals surface area contributed by atoms with Crippen LogP contribution >= 0.6 is 0 Å². The van der Waals surface area contributed by atoms with E-state index in [1.165, 1.54) is 12.1 Å². The third-order valence-corrected chi connectivity index (χ3v) is 5.67. The molecule has 136 valence electrons. The van der Waals surface area contributed by atoms with Gasteiger partial charge in [0.1, 0.15) is 5.82 Å². The average molecular weight is 353 g/mol. The minimum atomic E-state index is -0.250. The molecule has 1 spiro atoms. The van der Waals surface area contributed by atoms with E-state index < -0.39 is 0 Å². The van der Waals surface area contributed by atoms with Gasteiger partial charge in [0, 0.05) is 38.6 Å². The van der Waals surface area contributed by atoms with Crippen LogP contribution in [0.5, 0.6) is 0 Å². The topological polar surface area (TPSA) is 36.4 Å². The number of benzene rings is 1. The van der Waals surface area contributed by atoms with Crippen LogP contribution in [0.15, 0.2) is 48.8 Å². The second kappa shape index (κ2) is 7.16. The molecule has 3 heterocycles. The van der Waals surface area contributed by atoms with E-state index in [4.69, 9.17) is 0 Å². The molecule has 0 unspecified atom stereocenters. The first-order chi connectivity index (χ1) is 12.6. The number of carbonyl (C=O) groups is 1. The van der Waals surface area contributed by atoms with Crippen molar-refractivity contribution in [2.45, 2.75) is 32.4 Å². The van der Waals surface area contributed by atoms with Gasteiger partial charge in [0.25, 0.3) is 0 Å². The smallest absolute Gasteiger partial charge is 0.230 e. The average Bonchev–Trinajstić information content (AvgIpc) is 2.94. The van der Waals surface area contributed by atoms with Crippen LogP contribution in [0.3, 0.4) is 0 Å². The van der Waals surface area contributed by atoms with E-state index in [1.807, 2.05) is 35.4 Å². The van der Waals surface area contributed by atoms with Crippen molar-refractivity contribution in [3.05, 3.63) is 65.7 Å². The first-order valence-electron chi connectivity index (χ1n) is 9.30. The molecule has 0 bridgehead atoms. The minimum Gasteiger partial charge on any atom is -0.338 e. The third-order valence-electron chi connectivity index (χ3n) is 5.67. The van der Waals surface area contributed by atoms with Crippen molar-refractivity contribution in [1.82, 2.24) is 14.8 Å². The van der Waals surface area contributed by atoms with Gasteiger partial charge in [-0.05, 0) is 55.1 Å². The number of halogens is 1. The Balaban J connectivity index is 1.43. The molecule has 2 aromatic rings. The van der Waals surface area contributed by atoms with E-state index >= 15 is 0 Å². The highest BCUT2D eigenvalue weighted by molar-refractivity contribution is 5.85. The van der Waals surface area contributed by atoms with Crippen LogP contribution in [0.1, 0.15) is 30.4 Å². The summed E-state index contributed by atoms with van der Waals surface area (Å²) in [5.41, 5.74) is 1.93. The number of pyridine rings is 1. The van der Waals surface area contributed by atoms with Crippen LogP contribution in [-0.2, 0) is 17.9 Å². The normalized spacial score (nSPS) is 23.7. The van der Waals surface area contributed by atoms with Crippen molar-refractivity contribution in [2.75, 3.05) is 19.6 Å². The maximum absolute atomic E-state index is 13.2. The monoisotopic (exact) mass is 353 g/mol. The van der Waals surface area contributed by atoms with Gasteiger partial charge in [0.2, 0.25) is 5.91 Å². The molecule has 4 nitrogen and oxygen atoms in total. The SMILES string of the molecule is O=C1N(Cc2cccnc2)CC[C@]12CCCN(Cc1ccc(F)cc1)C2. The first kappa shape index (κ1) is 17.2. The number of carbonyl (C=O) groups excluding carboxylic acids is 1. The van der Waals surface area contributed by atoms with Crippen molar-refractivity contribution in [2.24, 2.45) is 5.41 Å². The van der Waals surface area contributed by atoms with E-state index in [1.54, 1.807) is 6.20 Å². The lowest BCUT2D eigenvalue weighted by Gasteiger charge is -2.39. The molecule has 0 saturated carbocycles. The molecule has 1 aromatic heterocycles. The largest absolute Gasteiger partial charge is 0.338 e. The second-order valence-electron chi connectivity index (χ2n) is 7.56. The number of nitrogens with zero attached hydrogens (tertiary/aromatic N) is 3. The lowest BCUT2D eigenvalue weighted by Crippen LogP contribution is -2.47. The zero-order chi connectivity index (χ0) is 18.0. The number of rotatable bonds is 4. The van der Waals surface area contributed by atoms with Crippen molar-refractivity contribution in [1.29, 1.82) is 0 Å². The molecule has 1 amide bonds. The molecule has 2 saturated heterocycles. The third kappa shape index (κ3) is 3.49. The predicted molar refractivity (Wildman–Crippen MR) is 97.6 cm³/mol. The van der Waals surface area contributed by atoms with Crippen molar-refractivity contribution in [3.63, 3.8) is 0 Å². The summed E-state index contributed by atoms with van der Waals surface area (Å²) in [6.45, 7) is 4.03. The maximum atomic E-state index is 13.2. The summed E-state index contributed by atoms with van der Waals surface area (Å²) in [6, 6.07) is 10.6. The Bertz CT molecular complexity index is 765. The zero-order valence-electron chi connectivity index (χ0n) is 14.9. The van der Waals surface area contributed by atoms with E-state index in [2.05, 4.69) is 9.88 Å². The lowest BCUT2D eigenvalue weighted by molar-refractivity contribution is -0.139. The Morgan fingerprint density at radius 2 is 1.88 bits per heavy atom. The summed E-state index contributed by atoms with van der Waals surface area (Å²) in [7, 11) is 0. The van der Waals surface area contributed by atoms with Crippen molar-refractivity contribution < 1.29 is 9.18 Å². The van der Waals surface area contributed by atoms with Crippen LogP contribution in [0, 0.1) is 11.2 Å². The standard InChI is InChI=1S/C21H24FN3O/c22-19-6-4-17(5-7-19)14-24-11-2-8-21(16-24)9-12-25(20(21)26)15-18-3-1-10-23-13-18/h1,3-7,10,13H,2,8-9,11-12,14-16H2/t21-/m0/s1. The Labute approximate surface area is 153 Å². The van der Waals surface area contributed by atoms with E-state index in [-0.39, 0.29) is 17.1 Å². The fraction of sp³-hybridized carbons (Fsp3) is 0.429. The molecule has 1 atom stereocenters. The number of hydrogen-bond donors (Lipinski definition) is 0. The molecule has 0 radical (unpaired) electrons. The molecule has 2 aliphatic heterocycles. The Morgan fingerprint density at radius 1 is 1.04 bits per heavy atom. The van der Waals surface area contributed by atoms with Gasteiger partial charge in [-0.15, -0.1) is 0 Å². The number of aromatic nitrogens is 1. The first-order valence-corrected chi connectivity index (χ1v) is 9.30. The van der Waals surface area contributed by atoms with E-state index in [0.29, 0.717) is 6.54 Å². The summed E-state index contributed by atoms with van der Waals surface area (Å²) < 4.78 is 13.1. The van der Waals surface area contributed by atoms with Crippen LogP contribution in [0.25, 0.3) is 0 Å². The summed E-state index contributed by atoms with van der Waals surface area (Å²) in [5.74, 6) is 0.0750. The summed E-state index contributed by atoms with van der Waals surface area (Å²) >= 11 is 0. The number of likely N-dealkylation sites (tertiary alicyclic amines) is 2. The maximum Gasteiger partial charge on any atom is 0.230 e. The quantitative estimate of drug-likeness (QED) is 0.847. The molecule has 1 aromatic carbocycles. The number of hydrogen-bond acceptors (Lipinski definition) is 3. The fourth-order valence-electron chi connectivity index (χ4n) is 4.34. The highest BCUT2D eigenvalue weighted by Gasteiger charge is 2.48. The molecular formula is C21H24FN3O. The molecule has 5 heteroatoms. The zero-order valence-corrected chi connectivity index (χ0v) is 14.9. The molecule has 0 aliphatic carbocycles. The van der Waals surface area contributed by atoms with Gasteiger partial charge < -0.3 is 4.90 Å². The Kier molecular flexibility index (Phi) is 4.72. The minimum absolute atomic E-state index is 0.208. The van der Waals surface area contributed by atoms with E-state index in [0.717, 1.165) is 56.6 Å². The molecule has 26 heavy (non-hydrogen) atoms. The summed E-state index contributed by atoms with van der Waals surface area (Å²) in [6.07, 6.45) is 6.51. The molecule has 4 rings (SSSR count). The van der Waals surface area contributed by atoms with Gasteiger partial charge in [-0.3, -0.25) is 14.7 Å². The summed E-state index contributed by atoms with van der Waals surface area (Å²) in [5, 5.41) is 0. The molecule has 0 N–H and O–H groups in total. The van der Waals surface area contributed by atoms with Gasteiger partial charge in [-0.2, -0.15) is 0 Å². The molecule has 2 aliphatic rings. The Hall–Kier alpha value is -2.27. The fourth-order valence-corrected chi connectivity index (χ4v) is 4.34. The highest BCUT2D eigenvalue weighted by Crippen LogP contribution is 2.41. The van der Waals surface area contributed by atoms with E-state index in [9.17, 15) is 9.18 Å². The van der Waals surface area contributed by atoms with Gasteiger partial charge in [-0.1, -0.05) is 18.2 Å². The second-order valence-corrected chi connectivity index (χ2v) is 7.56. The summed E-state index contributed by atoms with van der Waals surface area (Å²) in [4.78, 5) is 21.6.